The molecule has 0 spiro atoms. The number of amides is 1. The minimum absolute atomic E-state index is 0.174. The Hall–Kier alpha value is -2.95. The van der Waals surface area contributed by atoms with Crippen molar-refractivity contribution in [3.05, 3.63) is 66.0 Å². The third-order valence-corrected chi connectivity index (χ3v) is 2.67. The Balaban J connectivity index is 1.94. The largest absolute Gasteiger partial charge is 0.423 e. The molecule has 0 aliphatic rings. The molecule has 0 radical (unpaired) electrons. The first-order valence-corrected chi connectivity index (χ1v) is 6.56. The Morgan fingerprint density at radius 1 is 1.05 bits per heavy atom. The summed E-state index contributed by atoms with van der Waals surface area (Å²) in [5, 5.41) is 2.61. The zero-order valence-electron chi connectivity index (χ0n) is 11.9. The molecule has 4 nitrogen and oxygen atoms in total. The van der Waals surface area contributed by atoms with Gasteiger partial charge in [0, 0.05) is 18.7 Å². The van der Waals surface area contributed by atoms with Gasteiger partial charge in [-0.25, -0.2) is 9.18 Å². The molecule has 5 heteroatoms. The van der Waals surface area contributed by atoms with Crippen molar-refractivity contribution in [2.24, 2.45) is 0 Å². The van der Waals surface area contributed by atoms with Crippen LogP contribution in [0.2, 0.25) is 0 Å². The van der Waals surface area contributed by atoms with Crippen LogP contribution in [0.4, 0.5) is 10.1 Å². The summed E-state index contributed by atoms with van der Waals surface area (Å²) in [6, 6.07) is 12.2. The van der Waals surface area contributed by atoms with Crippen molar-refractivity contribution >= 4 is 23.6 Å². The Bertz CT molecular complexity index is 691. The quantitative estimate of drug-likeness (QED) is 0.535. The van der Waals surface area contributed by atoms with Crippen molar-refractivity contribution in [3.63, 3.8) is 0 Å². The maximum atomic E-state index is 12.7. The van der Waals surface area contributed by atoms with E-state index in [0.29, 0.717) is 17.0 Å². The Labute approximate surface area is 127 Å². The van der Waals surface area contributed by atoms with Gasteiger partial charge in [-0.1, -0.05) is 12.1 Å². The molecule has 22 heavy (non-hydrogen) atoms. The van der Waals surface area contributed by atoms with Gasteiger partial charge in [-0.05, 0) is 48.0 Å². The van der Waals surface area contributed by atoms with Crippen LogP contribution in [0.1, 0.15) is 12.5 Å². The predicted molar refractivity (Wildman–Crippen MR) is 81.8 cm³/mol. The van der Waals surface area contributed by atoms with Gasteiger partial charge in [-0.15, -0.1) is 0 Å². The van der Waals surface area contributed by atoms with E-state index in [2.05, 4.69) is 5.32 Å². The Morgan fingerprint density at radius 2 is 1.68 bits per heavy atom. The summed E-state index contributed by atoms with van der Waals surface area (Å²) in [5.74, 6) is -0.689. The van der Waals surface area contributed by atoms with E-state index in [9.17, 15) is 14.0 Å². The molecule has 0 saturated heterocycles. The summed E-state index contributed by atoms with van der Waals surface area (Å²) in [6.07, 6.45) is 2.79. The van der Waals surface area contributed by atoms with Crippen LogP contribution in [-0.4, -0.2) is 11.9 Å². The van der Waals surface area contributed by atoms with E-state index in [1.54, 1.807) is 36.4 Å². The fourth-order valence-electron chi connectivity index (χ4n) is 1.70. The maximum absolute atomic E-state index is 12.7. The molecule has 0 unspecified atom stereocenters. The molecule has 0 atom stereocenters. The number of esters is 1. The van der Waals surface area contributed by atoms with Gasteiger partial charge in [0.15, 0.2) is 0 Å². The second-order valence-corrected chi connectivity index (χ2v) is 4.51. The monoisotopic (exact) mass is 299 g/mol. The number of halogens is 1. The summed E-state index contributed by atoms with van der Waals surface area (Å²) in [4.78, 5) is 22.6. The lowest BCUT2D eigenvalue weighted by Gasteiger charge is -2.04. The van der Waals surface area contributed by atoms with Gasteiger partial charge in [0.25, 0.3) is 0 Å². The van der Waals surface area contributed by atoms with Crippen LogP contribution in [0.15, 0.2) is 54.6 Å². The van der Waals surface area contributed by atoms with E-state index in [1.165, 1.54) is 31.2 Å². The van der Waals surface area contributed by atoms with E-state index in [-0.39, 0.29) is 11.7 Å². The molecule has 0 aromatic heterocycles. The fourth-order valence-corrected chi connectivity index (χ4v) is 1.70. The summed E-state index contributed by atoms with van der Waals surface area (Å²) in [5.41, 5.74) is 1.31. The molecule has 0 aliphatic heterocycles. The molecule has 0 fully saturated rings. The molecular formula is C17H14FNO3. The number of carbonyl (C=O) groups excluding carboxylic acids is 2. The van der Waals surface area contributed by atoms with Crippen LogP contribution in [0.25, 0.3) is 6.08 Å². The highest BCUT2D eigenvalue weighted by atomic mass is 19.1. The summed E-state index contributed by atoms with van der Waals surface area (Å²) < 4.78 is 17.9. The van der Waals surface area contributed by atoms with Crippen LogP contribution in [0, 0.1) is 5.82 Å². The second kappa shape index (κ2) is 7.17. The van der Waals surface area contributed by atoms with Gasteiger partial charge >= 0.3 is 5.97 Å². The van der Waals surface area contributed by atoms with Gasteiger partial charge in [-0.3, -0.25) is 4.79 Å². The summed E-state index contributed by atoms with van der Waals surface area (Å²) >= 11 is 0. The lowest BCUT2D eigenvalue weighted by Crippen LogP contribution is -2.06. The molecule has 0 saturated carbocycles. The molecule has 0 heterocycles. The van der Waals surface area contributed by atoms with Crippen molar-refractivity contribution in [1.29, 1.82) is 0 Å². The van der Waals surface area contributed by atoms with Gasteiger partial charge in [0.2, 0.25) is 5.91 Å². The van der Waals surface area contributed by atoms with E-state index in [4.69, 9.17) is 4.74 Å². The lowest BCUT2D eigenvalue weighted by atomic mass is 10.2. The molecule has 2 aromatic rings. The molecule has 0 bridgehead atoms. The molecule has 0 aliphatic carbocycles. The average molecular weight is 299 g/mol. The third-order valence-electron chi connectivity index (χ3n) is 2.67. The number of benzene rings is 2. The summed E-state index contributed by atoms with van der Waals surface area (Å²) in [7, 11) is 0. The SMILES string of the molecule is CC(=O)Nc1ccc(OC(=O)/C=C/c2ccc(F)cc2)cc1. The van der Waals surface area contributed by atoms with Crippen LogP contribution < -0.4 is 10.1 Å². The van der Waals surface area contributed by atoms with Crippen LogP contribution in [0.5, 0.6) is 5.75 Å². The van der Waals surface area contributed by atoms with Gasteiger partial charge in [0.05, 0.1) is 0 Å². The highest BCUT2D eigenvalue weighted by Crippen LogP contribution is 2.16. The number of ether oxygens (including phenoxy) is 1. The molecule has 1 amide bonds. The highest BCUT2D eigenvalue weighted by molar-refractivity contribution is 5.90. The minimum atomic E-state index is -0.545. The standard InChI is InChI=1S/C17H14FNO3/c1-12(20)19-15-7-9-16(10-8-15)22-17(21)11-4-13-2-5-14(18)6-3-13/h2-11H,1H3,(H,19,20)/b11-4+. The van der Waals surface area contributed by atoms with Crippen LogP contribution in [-0.2, 0) is 9.59 Å². The second-order valence-electron chi connectivity index (χ2n) is 4.51. The Morgan fingerprint density at radius 3 is 2.27 bits per heavy atom. The normalized spacial score (nSPS) is 10.5. The lowest BCUT2D eigenvalue weighted by molar-refractivity contribution is -0.128. The van der Waals surface area contributed by atoms with Crippen LogP contribution in [0.3, 0.4) is 0 Å². The third kappa shape index (κ3) is 4.86. The predicted octanol–water partition coefficient (Wildman–Crippen LogP) is 3.40. The topological polar surface area (TPSA) is 55.4 Å². The first-order valence-electron chi connectivity index (χ1n) is 6.56. The van der Waals surface area contributed by atoms with E-state index in [0.717, 1.165) is 0 Å². The van der Waals surface area contributed by atoms with E-state index in [1.807, 2.05) is 0 Å². The molecule has 112 valence electrons. The van der Waals surface area contributed by atoms with Crippen molar-refractivity contribution < 1.29 is 18.7 Å². The summed E-state index contributed by atoms with van der Waals surface area (Å²) in [6.45, 7) is 1.41. The number of rotatable bonds is 4. The van der Waals surface area contributed by atoms with Gasteiger partial charge in [-0.2, -0.15) is 0 Å². The van der Waals surface area contributed by atoms with Gasteiger partial charge < -0.3 is 10.1 Å². The minimum Gasteiger partial charge on any atom is -0.423 e. The van der Waals surface area contributed by atoms with Crippen molar-refractivity contribution in [2.45, 2.75) is 6.92 Å². The van der Waals surface area contributed by atoms with Crippen molar-refractivity contribution in [2.75, 3.05) is 5.32 Å². The average Bonchev–Trinajstić information content (AvgIpc) is 2.48. The van der Waals surface area contributed by atoms with E-state index < -0.39 is 5.97 Å². The van der Waals surface area contributed by atoms with Crippen LogP contribution >= 0.6 is 0 Å². The number of hydrogen-bond acceptors (Lipinski definition) is 3. The molecule has 2 aromatic carbocycles. The first kappa shape index (κ1) is 15.4. The Kier molecular flexibility index (Phi) is 5.03. The fraction of sp³-hybridized carbons (Fsp3) is 0.0588. The number of hydrogen-bond donors (Lipinski definition) is 1. The first-order chi connectivity index (χ1) is 10.5. The smallest absolute Gasteiger partial charge is 0.336 e. The van der Waals surface area contributed by atoms with Crippen molar-refractivity contribution in [1.82, 2.24) is 0 Å². The van der Waals surface area contributed by atoms with E-state index >= 15 is 0 Å². The molecule has 1 N–H and O–H groups in total. The van der Waals surface area contributed by atoms with Crippen molar-refractivity contribution in [3.8, 4) is 5.75 Å². The zero-order chi connectivity index (χ0) is 15.9. The zero-order valence-corrected chi connectivity index (χ0v) is 11.9. The number of nitrogens with one attached hydrogen (secondary N) is 1. The highest BCUT2D eigenvalue weighted by Gasteiger charge is 2.01. The number of carbonyl (C=O) groups is 2. The molecular weight excluding hydrogens is 285 g/mol. The van der Waals surface area contributed by atoms with Gasteiger partial charge in [0.1, 0.15) is 11.6 Å². The molecule has 2 rings (SSSR count). The number of anilines is 1. The maximum Gasteiger partial charge on any atom is 0.336 e.